The van der Waals surface area contributed by atoms with Gasteiger partial charge in [0, 0.05) is 18.6 Å². The number of hydrogen-bond donors (Lipinski definition) is 1. The van der Waals surface area contributed by atoms with Crippen molar-refractivity contribution in [3.05, 3.63) is 35.4 Å². The molecular weight excluding hydrogens is 248 g/mol. The molecule has 1 heterocycles. The second-order valence-corrected chi connectivity index (χ2v) is 5.77. The first-order chi connectivity index (χ1) is 9.62. The van der Waals surface area contributed by atoms with Crippen molar-refractivity contribution in [1.29, 1.82) is 0 Å². The van der Waals surface area contributed by atoms with Crippen molar-refractivity contribution in [3.8, 4) is 0 Å². The van der Waals surface area contributed by atoms with Gasteiger partial charge in [0.15, 0.2) is 0 Å². The average Bonchev–Trinajstić information content (AvgIpc) is 2.46. The van der Waals surface area contributed by atoms with Crippen LogP contribution in [0.25, 0.3) is 0 Å². The fourth-order valence-electron chi connectivity index (χ4n) is 3.37. The average molecular weight is 274 g/mol. The van der Waals surface area contributed by atoms with Gasteiger partial charge in [0.05, 0.1) is 6.54 Å². The molecule has 3 nitrogen and oxygen atoms in total. The highest BCUT2D eigenvalue weighted by Gasteiger charge is 2.38. The van der Waals surface area contributed by atoms with E-state index < -0.39 is 0 Å². The van der Waals surface area contributed by atoms with Crippen LogP contribution in [0.2, 0.25) is 0 Å². The number of piperazine rings is 1. The van der Waals surface area contributed by atoms with E-state index in [1.807, 2.05) is 0 Å². The van der Waals surface area contributed by atoms with E-state index in [0.29, 0.717) is 6.54 Å². The number of amides is 1. The van der Waals surface area contributed by atoms with Crippen LogP contribution in [0.5, 0.6) is 0 Å². The number of benzene rings is 1. The van der Waals surface area contributed by atoms with Gasteiger partial charge in [0.25, 0.3) is 0 Å². The van der Waals surface area contributed by atoms with Crippen LogP contribution in [0.1, 0.15) is 44.2 Å². The normalized spacial score (nSPS) is 19.4. The van der Waals surface area contributed by atoms with Gasteiger partial charge in [-0.2, -0.15) is 0 Å². The number of nitrogens with zero attached hydrogens (tertiary/aromatic N) is 1. The zero-order valence-corrected chi connectivity index (χ0v) is 12.9. The van der Waals surface area contributed by atoms with Crippen molar-refractivity contribution in [2.75, 3.05) is 19.6 Å². The van der Waals surface area contributed by atoms with Gasteiger partial charge in [-0.3, -0.25) is 9.69 Å². The first-order valence-electron chi connectivity index (χ1n) is 7.71. The van der Waals surface area contributed by atoms with Crippen molar-refractivity contribution in [1.82, 2.24) is 10.2 Å². The number of carbonyl (C=O) groups is 1. The Kier molecular flexibility index (Phi) is 4.81. The van der Waals surface area contributed by atoms with E-state index in [0.717, 1.165) is 32.4 Å². The summed E-state index contributed by atoms with van der Waals surface area (Å²) in [7, 11) is 0. The van der Waals surface area contributed by atoms with Crippen molar-refractivity contribution in [2.45, 2.75) is 45.6 Å². The van der Waals surface area contributed by atoms with Gasteiger partial charge in [-0.15, -0.1) is 0 Å². The lowest BCUT2D eigenvalue weighted by Crippen LogP contribution is -2.56. The zero-order chi connectivity index (χ0) is 14.6. The molecule has 0 radical (unpaired) electrons. The summed E-state index contributed by atoms with van der Waals surface area (Å²) in [5.74, 6) is 0.150. The van der Waals surface area contributed by atoms with E-state index in [4.69, 9.17) is 0 Å². The number of carbonyl (C=O) groups excluding carboxylic acids is 1. The van der Waals surface area contributed by atoms with Crippen LogP contribution in [-0.4, -0.2) is 30.4 Å². The van der Waals surface area contributed by atoms with E-state index in [2.05, 4.69) is 55.3 Å². The van der Waals surface area contributed by atoms with Crippen LogP contribution in [0.3, 0.4) is 0 Å². The van der Waals surface area contributed by atoms with Gasteiger partial charge in [0.2, 0.25) is 5.91 Å². The fraction of sp³-hybridized carbons (Fsp3) is 0.588. The lowest BCUT2D eigenvalue weighted by molar-refractivity contribution is -0.127. The molecule has 1 saturated heterocycles. The number of aryl methyl sites for hydroxylation is 1. The lowest BCUT2D eigenvalue weighted by atomic mass is 9.80. The molecule has 0 spiro atoms. The van der Waals surface area contributed by atoms with Gasteiger partial charge >= 0.3 is 0 Å². The highest BCUT2D eigenvalue weighted by atomic mass is 16.2. The fourth-order valence-corrected chi connectivity index (χ4v) is 3.37. The third-order valence-electron chi connectivity index (χ3n) is 4.48. The first-order valence-corrected chi connectivity index (χ1v) is 7.71. The quantitative estimate of drug-likeness (QED) is 0.895. The predicted octanol–water partition coefficient (Wildman–Crippen LogP) is 2.83. The molecule has 0 bridgehead atoms. The summed E-state index contributed by atoms with van der Waals surface area (Å²) in [6.07, 6.45) is 3.26. The Bertz CT molecular complexity index is 455. The molecule has 0 saturated carbocycles. The van der Waals surface area contributed by atoms with Gasteiger partial charge in [-0.1, -0.05) is 50.1 Å². The molecule has 1 fully saturated rings. The maximum atomic E-state index is 11.8. The molecule has 20 heavy (non-hydrogen) atoms. The minimum atomic E-state index is 0.000208. The third kappa shape index (κ3) is 2.88. The minimum absolute atomic E-state index is 0.000208. The first kappa shape index (κ1) is 15.0. The van der Waals surface area contributed by atoms with Crippen LogP contribution in [0, 0.1) is 6.92 Å². The van der Waals surface area contributed by atoms with Crippen LogP contribution >= 0.6 is 0 Å². The second-order valence-electron chi connectivity index (χ2n) is 5.77. The number of nitrogens with one attached hydrogen (secondary N) is 1. The van der Waals surface area contributed by atoms with E-state index in [1.165, 1.54) is 11.1 Å². The van der Waals surface area contributed by atoms with Crippen LogP contribution in [0.4, 0.5) is 0 Å². The molecule has 3 heteroatoms. The molecule has 0 aliphatic carbocycles. The van der Waals surface area contributed by atoms with Crippen LogP contribution in [0.15, 0.2) is 24.3 Å². The summed E-state index contributed by atoms with van der Waals surface area (Å²) in [6.45, 7) is 8.79. The predicted molar refractivity (Wildman–Crippen MR) is 82.6 cm³/mol. The molecule has 1 atom stereocenters. The highest BCUT2D eigenvalue weighted by Crippen LogP contribution is 2.37. The Morgan fingerprint density at radius 2 is 1.95 bits per heavy atom. The summed E-state index contributed by atoms with van der Waals surface area (Å²) >= 11 is 0. The molecule has 1 amide bonds. The molecular formula is C17H26N2O. The van der Waals surface area contributed by atoms with Gasteiger partial charge in [0.1, 0.15) is 0 Å². The Hall–Kier alpha value is -1.35. The van der Waals surface area contributed by atoms with Gasteiger partial charge in [-0.05, 0) is 25.3 Å². The molecule has 1 aliphatic rings. The van der Waals surface area contributed by atoms with Crippen molar-refractivity contribution in [3.63, 3.8) is 0 Å². The largest absolute Gasteiger partial charge is 0.354 e. The van der Waals surface area contributed by atoms with E-state index >= 15 is 0 Å². The van der Waals surface area contributed by atoms with Crippen molar-refractivity contribution in [2.24, 2.45) is 0 Å². The van der Waals surface area contributed by atoms with Crippen LogP contribution in [-0.2, 0) is 10.3 Å². The smallest absolute Gasteiger partial charge is 0.234 e. The van der Waals surface area contributed by atoms with Crippen molar-refractivity contribution < 1.29 is 4.79 Å². The van der Waals surface area contributed by atoms with E-state index in [-0.39, 0.29) is 11.4 Å². The topological polar surface area (TPSA) is 32.3 Å². The van der Waals surface area contributed by atoms with Gasteiger partial charge in [-0.25, -0.2) is 0 Å². The maximum absolute atomic E-state index is 11.8. The number of rotatable bonds is 5. The third-order valence-corrected chi connectivity index (χ3v) is 4.48. The molecule has 0 aromatic heterocycles. The summed E-state index contributed by atoms with van der Waals surface area (Å²) in [5.41, 5.74) is 2.63. The Morgan fingerprint density at radius 1 is 1.25 bits per heavy atom. The number of hydrogen-bond acceptors (Lipinski definition) is 2. The Morgan fingerprint density at radius 3 is 2.50 bits per heavy atom. The SMILES string of the molecule is CCCC(CC)(c1ccc(C)cc1)N1CCNC(=O)C1. The van der Waals surface area contributed by atoms with Gasteiger partial charge < -0.3 is 5.32 Å². The molecule has 1 N–H and O–H groups in total. The minimum Gasteiger partial charge on any atom is -0.354 e. The summed E-state index contributed by atoms with van der Waals surface area (Å²) < 4.78 is 0. The summed E-state index contributed by atoms with van der Waals surface area (Å²) in [4.78, 5) is 14.1. The highest BCUT2D eigenvalue weighted by molar-refractivity contribution is 5.78. The van der Waals surface area contributed by atoms with E-state index in [9.17, 15) is 4.79 Å². The Labute approximate surface area is 122 Å². The molecule has 1 aromatic rings. The summed E-state index contributed by atoms with van der Waals surface area (Å²) in [6, 6.07) is 8.83. The standard InChI is InChI=1S/C17H26N2O/c1-4-10-17(5-2,15-8-6-14(3)7-9-15)19-12-11-18-16(20)13-19/h6-9H,4-5,10-13H2,1-3H3,(H,18,20). The molecule has 1 aliphatic heterocycles. The monoisotopic (exact) mass is 274 g/mol. The molecule has 1 unspecified atom stereocenters. The zero-order valence-electron chi connectivity index (χ0n) is 12.9. The summed E-state index contributed by atoms with van der Waals surface area (Å²) in [5, 5.41) is 2.93. The maximum Gasteiger partial charge on any atom is 0.234 e. The molecule has 2 rings (SSSR count). The second kappa shape index (κ2) is 6.40. The Balaban J connectivity index is 2.37. The van der Waals surface area contributed by atoms with E-state index in [1.54, 1.807) is 0 Å². The van der Waals surface area contributed by atoms with Crippen LogP contribution < -0.4 is 5.32 Å². The lowest BCUT2D eigenvalue weighted by Gasteiger charge is -2.45. The molecule has 1 aromatic carbocycles. The van der Waals surface area contributed by atoms with Crippen molar-refractivity contribution >= 4 is 5.91 Å². The molecule has 110 valence electrons.